The van der Waals surface area contributed by atoms with E-state index in [0.717, 1.165) is 55.1 Å². The Morgan fingerprint density at radius 1 is 1.17 bits per heavy atom. The monoisotopic (exact) mass is 761 g/mol. The van der Waals surface area contributed by atoms with Crippen LogP contribution >= 0.6 is 61.8 Å². The standard InChI is InChI=1S/C30H34F3N5O4S.4ClH/c1-5-20-14-21(6-7-25(20)42-13-10-19-8-11-36(12-9-19)18(2)26(39)40)38-28(43)37(27(41)29(38,3)4)22-15-23(30(31,32)33)24(16-34)35-17-22;;;;/h6-7,14-15,17-19H,5,8-13H2,1-4H3,(H,39,40);4*1H/t18-;;;;/m0..../s1. The molecule has 0 unspecified atom stereocenters. The summed E-state index contributed by atoms with van der Waals surface area (Å²) in [5, 5.41) is 18.3. The summed E-state index contributed by atoms with van der Waals surface area (Å²) in [6.45, 7) is 8.94. The van der Waals surface area contributed by atoms with Gasteiger partial charge in [-0.05, 0) is 108 Å². The Balaban J connectivity index is 0.00000529. The number of carboxylic acid groups (broad SMARTS) is 1. The molecule has 2 fully saturated rings. The number of aryl methyl sites for hydroxylation is 1. The zero-order valence-electron chi connectivity index (χ0n) is 26.1. The number of carbonyl (C=O) groups excluding carboxylic acids is 1. The lowest BCUT2D eigenvalue weighted by Crippen LogP contribution is -2.44. The van der Waals surface area contributed by atoms with Crippen molar-refractivity contribution in [2.75, 3.05) is 29.5 Å². The Labute approximate surface area is 302 Å². The third-order valence-corrected chi connectivity index (χ3v) is 8.60. The van der Waals surface area contributed by atoms with E-state index in [-0.39, 0.29) is 60.4 Å². The Morgan fingerprint density at radius 2 is 1.79 bits per heavy atom. The predicted molar refractivity (Wildman–Crippen MR) is 187 cm³/mol. The summed E-state index contributed by atoms with van der Waals surface area (Å²) in [7, 11) is 0. The summed E-state index contributed by atoms with van der Waals surface area (Å²) in [4.78, 5) is 33.0. The minimum atomic E-state index is -4.84. The highest BCUT2D eigenvalue weighted by Gasteiger charge is 2.51. The van der Waals surface area contributed by atoms with Crippen LogP contribution in [0.1, 0.15) is 63.8 Å². The van der Waals surface area contributed by atoms with Crippen molar-refractivity contribution >= 4 is 90.2 Å². The van der Waals surface area contributed by atoms with E-state index < -0.39 is 40.9 Å². The molecule has 1 aromatic heterocycles. The number of hydrogen-bond acceptors (Lipinski definition) is 7. The fraction of sp³-hybridized carbons (Fsp3) is 0.500. The van der Waals surface area contributed by atoms with Gasteiger partial charge in [0.15, 0.2) is 10.8 Å². The largest absolute Gasteiger partial charge is 0.493 e. The number of likely N-dealkylation sites (tertiary alicyclic amines) is 1. The summed E-state index contributed by atoms with van der Waals surface area (Å²) in [6, 6.07) is 7.12. The average molecular weight is 764 g/mol. The minimum Gasteiger partial charge on any atom is -0.493 e. The first-order valence-electron chi connectivity index (χ1n) is 14.1. The number of hydrogen-bond donors (Lipinski definition) is 1. The maximum absolute atomic E-state index is 13.6. The zero-order chi connectivity index (χ0) is 31.7. The highest BCUT2D eigenvalue weighted by atomic mass is 35.5. The zero-order valence-corrected chi connectivity index (χ0v) is 30.2. The van der Waals surface area contributed by atoms with Gasteiger partial charge in [-0.1, -0.05) is 6.92 Å². The van der Waals surface area contributed by atoms with Gasteiger partial charge in [0.2, 0.25) is 0 Å². The van der Waals surface area contributed by atoms with Gasteiger partial charge in [0.1, 0.15) is 23.4 Å². The molecule has 2 aliphatic rings. The van der Waals surface area contributed by atoms with E-state index >= 15 is 0 Å². The first-order chi connectivity index (χ1) is 20.2. The number of nitrogens with zero attached hydrogens (tertiary/aromatic N) is 5. The number of anilines is 2. The number of aromatic nitrogens is 1. The Kier molecular flexibility index (Phi) is 16.7. The number of carbonyl (C=O) groups is 2. The number of ether oxygens (including phenoxy) is 1. The fourth-order valence-electron chi connectivity index (χ4n) is 5.58. The molecule has 47 heavy (non-hydrogen) atoms. The maximum atomic E-state index is 13.6. The molecule has 262 valence electrons. The minimum absolute atomic E-state index is 0. The van der Waals surface area contributed by atoms with Gasteiger partial charge in [0, 0.05) is 5.69 Å². The van der Waals surface area contributed by atoms with Crippen molar-refractivity contribution in [2.45, 2.75) is 71.1 Å². The van der Waals surface area contributed by atoms with Crippen LogP contribution in [-0.4, -0.2) is 63.3 Å². The Morgan fingerprint density at radius 3 is 2.32 bits per heavy atom. The molecule has 1 atom stereocenters. The first-order valence-corrected chi connectivity index (χ1v) is 14.5. The van der Waals surface area contributed by atoms with Crippen LogP contribution in [0.2, 0.25) is 0 Å². The van der Waals surface area contributed by atoms with Crippen LogP contribution in [-0.2, 0) is 22.2 Å². The molecule has 0 spiro atoms. The molecule has 0 aliphatic carbocycles. The molecule has 17 heteroatoms. The number of carboxylic acids is 1. The normalized spacial score (nSPS) is 17.0. The van der Waals surface area contributed by atoms with Gasteiger partial charge in [-0.2, -0.15) is 18.4 Å². The molecule has 2 aromatic rings. The molecule has 0 saturated carbocycles. The predicted octanol–water partition coefficient (Wildman–Crippen LogP) is 7.09. The van der Waals surface area contributed by atoms with Crippen molar-refractivity contribution in [3.05, 3.63) is 47.3 Å². The number of amides is 1. The van der Waals surface area contributed by atoms with Crippen molar-refractivity contribution in [1.29, 1.82) is 5.26 Å². The van der Waals surface area contributed by atoms with E-state index in [1.54, 1.807) is 31.7 Å². The van der Waals surface area contributed by atoms with Crippen molar-refractivity contribution in [2.24, 2.45) is 5.92 Å². The second-order valence-electron chi connectivity index (χ2n) is 11.3. The summed E-state index contributed by atoms with van der Waals surface area (Å²) < 4.78 is 47.0. The van der Waals surface area contributed by atoms with Crippen LogP contribution in [0, 0.1) is 17.2 Å². The highest BCUT2D eigenvalue weighted by molar-refractivity contribution is 7.81. The molecule has 9 nitrogen and oxygen atoms in total. The van der Waals surface area contributed by atoms with Crippen LogP contribution < -0.4 is 14.5 Å². The number of pyridine rings is 1. The number of nitriles is 1. The quantitative estimate of drug-likeness (QED) is 0.268. The summed E-state index contributed by atoms with van der Waals surface area (Å²) in [5.41, 5.74) is -1.94. The molecule has 2 aliphatic heterocycles. The second kappa shape index (κ2) is 17.7. The van der Waals surface area contributed by atoms with E-state index in [1.165, 1.54) is 6.07 Å². The topological polar surface area (TPSA) is 110 Å². The van der Waals surface area contributed by atoms with Gasteiger partial charge in [-0.3, -0.25) is 19.4 Å². The molecular formula is C30H38Cl4F3N5O4S. The number of thiocarbonyl (C=S) groups is 1. The van der Waals surface area contributed by atoms with Crippen LogP contribution in [0.15, 0.2) is 30.5 Å². The molecule has 1 aromatic carbocycles. The van der Waals surface area contributed by atoms with Crippen molar-refractivity contribution in [3.63, 3.8) is 0 Å². The number of benzene rings is 1. The number of piperidine rings is 1. The lowest BCUT2D eigenvalue weighted by molar-refractivity contribution is -0.143. The number of aliphatic carboxylic acids is 1. The molecule has 0 radical (unpaired) electrons. The van der Waals surface area contributed by atoms with Crippen LogP contribution in [0.3, 0.4) is 0 Å². The average Bonchev–Trinajstić information content (AvgIpc) is 3.14. The van der Waals surface area contributed by atoms with E-state index in [0.29, 0.717) is 30.4 Å². The van der Waals surface area contributed by atoms with Gasteiger partial charge < -0.3 is 14.7 Å². The number of alkyl halides is 3. The van der Waals surface area contributed by atoms with Gasteiger partial charge >= 0.3 is 12.1 Å². The maximum Gasteiger partial charge on any atom is 0.419 e. The van der Waals surface area contributed by atoms with Crippen molar-refractivity contribution in [3.8, 4) is 11.8 Å². The van der Waals surface area contributed by atoms with Gasteiger partial charge in [0.05, 0.1) is 24.1 Å². The molecule has 2 saturated heterocycles. The third-order valence-electron chi connectivity index (χ3n) is 8.23. The van der Waals surface area contributed by atoms with E-state index in [2.05, 4.69) is 4.98 Å². The lowest BCUT2D eigenvalue weighted by Gasteiger charge is -2.34. The summed E-state index contributed by atoms with van der Waals surface area (Å²) in [6.07, 6.45) is -0.511. The van der Waals surface area contributed by atoms with Gasteiger partial charge in [-0.25, -0.2) is 4.98 Å². The Bertz CT molecular complexity index is 1470. The first kappa shape index (κ1) is 44.4. The summed E-state index contributed by atoms with van der Waals surface area (Å²) in [5.74, 6) is -0.204. The molecule has 1 N–H and O–H groups in total. The van der Waals surface area contributed by atoms with E-state index in [9.17, 15) is 27.9 Å². The van der Waals surface area contributed by atoms with Crippen molar-refractivity contribution < 1.29 is 32.6 Å². The van der Waals surface area contributed by atoms with Crippen molar-refractivity contribution in [1.82, 2.24) is 9.88 Å². The fourth-order valence-corrected chi connectivity index (χ4v) is 6.10. The molecule has 3 heterocycles. The number of rotatable bonds is 9. The molecule has 4 rings (SSSR count). The van der Waals surface area contributed by atoms with Crippen LogP contribution in [0.25, 0.3) is 0 Å². The van der Waals surface area contributed by atoms with Crippen LogP contribution in [0.5, 0.6) is 5.75 Å². The summed E-state index contributed by atoms with van der Waals surface area (Å²) >= 11 is 5.63. The SMILES string of the molecule is CCc1cc(N2C(=S)N(c3cnc(C#N)c(C(F)(F)F)c3)C(=O)C2(C)C)ccc1OCCC1CCN([C@@H](C)C(=O)O)CC1.Cl.Cl.Cl.Cl. The van der Waals surface area contributed by atoms with E-state index in [4.69, 9.17) is 22.2 Å². The van der Waals surface area contributed by atoms with Crippen LogP contribution in [0.4, 0.5) is 24.5 Å². The smallest absolute Gasteiger partial charge is 0.419 e. The lowest BCUT2D eigenvalue weighted by atomic mass is 9.93. The third kappa shape index (κ3) is 9.31. The van der Waals surface area contributed by atoms with E-state index in [1.807, 2.05) is 24.0 Å². The van der Waals surface area contributed by atoms with Gasteiger partial charge in [-0.15, -0.1) is 49.6 Å². The highest BCUT2D eigenvalue weighted by Crippen LogP contribution is 2.40. The molecule has 0 bridgehead atoms. The molecule has 1 amide bonds. The van der Waals surface area contributed by atoms with Gasteiger partial charge in [0.25, 0.3) is 5.91 Å². The number of halogens is 7. The Hall–Kier alpha value is -2.60. The second-order valence-corrected chi connectivity index (χ2v) is 11.7. The molecular weight excluding hydrogens is 725 g/mol.